The van der Waals surface area contributed by atoms with Crippen LogP contribution >= 0.6 is 0 Å². The van der Waals surface area contributed by atoms with Gasteiger partial charge in [-0.25, -0.2) is 0 Å². The highest BCUT2D eigenvalue weighted by Crippen LogP contribution is 2.62. The molecule has 0 spiro atoms. The number of aliphatic hydroxyl groups is 1. The second kappa shape index (κ2) is 4.64. The van der Waals surface area contributed by atoms with Gasteiger partial charge >= 0.3 is 0 Å². The van der Waals surface area contributed by atoms with Gasteiger partial charge in [-0.3, -0.25) is 9.59 Å². The van der Waals surface area contributed by atoms with Crippen molar-refractivity contribution < 1.29 is 14.7 Å². The number of hydrogen-bond donors (Lipinski definition) is 3. The summed E-state index contributed by atoms with van der Waals surface area (Å²) in [6.07, 6.45) is 1.89. The number of para-hydroxylation sites is 1. The van der Waals surface area contributed by atoms with Gasteiger partial charge in [-0.05, 0) is 13.0 Å². The highest BCUT2D eigenvalue weighted by atomic mass is 16.3. The fourth-order valence-electron chi connectivity index (χ4n) is 4.83. The molecule has 132 valence electrons. The summed E-state index contributed by atoms with van der Waals surface area (Å²) >= 11 is 0. The molecule has 25 heavy (non-hydrogen) atoms. The van der Waals surface area contributed by atoms with Crippen molar-refractivity contribution in [2.24, 2.45) is 5.41 Å². The van der Waals surface area contributed by atoms with E-state index in [-0.39, 0.29) is 18.2 Å². The SMILES string of the molecule is C=CC(C)(C)C12Nc3ccccc3C1(O)CC1C(=O)NC(C)C(=O)N12. The number of anilines is 1. The number of rotatable bonds is 2. The zero-order valence-electron chi connectivity index (χ0n) is 14.7. The van der Waals surface area contributed by atoms with E-state index in [1.807, 2.05) is 38.1 Å². The fourth-order valence-corrected chi connectivity index (χ4v) is 4.83. The molecule has 3 aliphatic heterocycles. The molecule has 3 aliphatic rings. The van der Waals surface area contributed by atoms with Crippen LogP contribution in [0.1, 0.15) is 32.8 Å². The van der Waals surface area contributed by atoms with Crippen LogP contribution in [0.15, 0.2) is 36.9 Å². The largest absolute Gasteiger partial charge is 0.380 e. The van der Waals surface area contributed by atoms with E-state index in [0.717, 1.165) is 5.69 Å². The van der Waals surface area contributed by atoms with Crippen LogP contribution in [-0.4, -0.2) is 39.6 Å². The fraction of sp³-hybridized carbons (Fsp3) is 0.474. The second-order valence-corrected chi connectivity index (χ2v) is 7.83. The Kier molecular flexibility index (Phi) is 2.99. The minimum atomic E-state index is -1.39. The number of carbonyl (C=O) groups excluding carboxylic acids is 2. The molecule has 0 aromatic heterocycles. The number of piperazine rings is 1. The van der Waals surface area contributed by atoms with Crippen molar-refractivity contribution in [1.29, 1.82) is 0 Å². The van der Waals surface area contributed by atoms with Gasteiger partial charge in [0.05, 0.1) is 0 Å². The normalized spacial score (nSPS) is 36.2. The highest BCUT2D eigenvalue weighted by molar-refractivity contribution is 5.99. The van der Waals surface area contributed by atoms with Crippen LogP contribution in [0.2, 0.25) is 0 Å². The summed E-state index contributed by atoms with van der Waals surface area (Å²) in [5, 5.41) is 18.0. The number of amides is 2. The topological polar surface area (TPSA) is 81.7 Å². The van der Waals surface area contributed by atoms with E-state index in [9.17, 15) is 14.7 Å². The lowest BCUT2D eigenvalue weighted by Gasteiger charge is -2.53. The standard InChI is InChI=1S/C19H23N3O3/c1-5-17(3,4)19-18(25,12-8-6-7-9-13(12)21-19)10-14-15(23)20-11(2)16(24)22(14)19/h5-9,11,14,21,25H,1,10H2,2-4H3,(H,20,23). The Balaban J connectivity index is 2.02. The van der Waals surface area contributed by atoms with Gasteiger partial charge in [0.25, 0.3) is 0 Å². The first-order chi connectivity index (χ1) is 11.7. The van der Waals surface area contributed by atoms with Crippen molar-refractivity contribution in [1.82, 2.24) is 10.2 Å². The summed E-state index contributed by atoms with van der Waals surface area (Å²) in [6, 6.07) is 6.14. The first-order valence-electron chi connectivity index (χ1n) is 8.57. The predicted octanol–water partition coefficient (Wildman–Crippen LogP) is 1.33. The molecule has 6 heteroatoms. The maximum absolute atomic E-state index is 13.1. The smallest absolute Gasteiger partial charge is 0.247 e. The number of nitrogens with one attached hydrogen (secondary N) is 2. The van der Waals surface area contributed by atoms with Crippen LogP contribution in [-0.2, 0) is 15.2 Å². The number of fused-ring (bicyclic) bond motifs is 5. The Morgan fingerprint density at radius 1 is 1.36 bits per heavy atom. The average Bonchev–Trinajstić information content (AvgIpc) is 2.99. The van der Waals surface area contributed by atoms with Crippen molar-refractivity contribution in [2.75, 3.05) is 5.32 Å². The van der Waals surface area contributed by atoms with Crippen LogP contribution in [0.25, 0.3) is 0 Å². The summed E-state index contributed by atoms with van der Waals surface area (Å²) in [5.74, 6) is -0.427. The molecule has 2 fully saturated rings. The molecule has 2 saturated heterocycles. The van der Waals surface area contributed by atoms with Gasteiger partial charge in [0.1, 0.15) is 17.7 Å². The Labute approximate surface area is 146 Å². The third-order valence-electron chi connectivity index (χ3n) is 6.16. The summed E-state index contributed by atoms with van der Waals surface area (Å²) in [5.41, 5.74) is -1.75. The first-order valence-corrected chi connectivity index (χ1v) is 8.57. The summed E-state index contributed by atoms with van der Waals surface area (Å²) in [4.78, 5) is 27.3. The maximum atomic E-state index is 13.1. The van der Waals surface area contributed by atoms with Gasteiger partial charge in [0.2, 0.25) is 11.8 Å². The first kappa shape index (κ1) is 16.1. The summed E-state index contributed by atoms with van der Waals surface area (Å²) in [7, 11) is 0. The van der Waals surface area contributed by atoms with Crippen LogP contribution in [0.4, 0.5) is 5.69 Å². The van der Waals surface area contributed by atoms with E-state index in [2.05, 4.69) is 17.2 Å². The molecule has 0 saturated carbocycles. The molecule has 4 rings (SSSR count). The molecule has 6 nitrogen and oxygen atoms in total. The minimum absolute atomic E-state index is 0.151. The second-order valence-electron chi connectivity index (χ2n) is 7.83. The molecular formula is C19H23N3O3. The minimum Gasteiger partial charge on any atom is -0.380 e. The number of nitrogens with zero attached hydrogens (tertiary/aromatic N) is 1. The van der Waals surface area contributed by atoms with Gasteiger partial charge in [-0.1, -0.05) is 38.1 Å². The van der Waals surface area contributed by atoms with E-state index >= 15 is 0 Å². The Bertz CT molecular complexity index is 805. The third kappa shape index (κ3) is 1.63. The van der Waals surface area contributed by atoms with Gasteiger partial charge in [-0.15, -0.1) is 6.58 Å². The van der Waals surface area contributed by atoms with Gasteiger partial charge in [0, 0.05) is 23.1 Å². The van der Waals surface area contributed by atoms with E-state index < -0.39 is 28.8 Å². The Morgan fingerprint density at radius 2 is 2.04 bits per heavy atom. The Hall–Kier alpha value is -2.34. The molecule has 0 radical (unpaired) electrons. The molecule has 0 bridgehead atoms. The van der Waals surface area contributed by atoms with E-state index in [1.54, 1.807) is 17.9 Å². The molecule has 2 amide bonds. The zero-order valence-corrected chi connectivity index (χ0v) is 14.7. The molecule has 0 aliphatic carbocycles. The maximum Gasteiger partial charge on any atom is 0.247 e. The molecular weight excluding hydrogens is 318 g/mol. The Morgan fingerprint density at radius 3 is 2.72 bits per heavy atom. The van der Waals surface area contributed by atoms with Crippen molar-refractivity contribution >= 4 is 17.5 Å². The average molecular weight is 341 g/mol. The molecule has 1 aromatic carbocycles. The number of hydrogen-bond acceptors (Lipinski definition) is 4. The summed E-state index contributed by atoms with van der Waals surface area (Å²) in [6.45, 7) is 9.46. The lowest BCUT2D eigenvalue weighted by molar-refractivity contribution is -0.160. The van der Waals surface area contributed by atoms with Crippen molar-refractivity contribution in [2.45, 2.75) is 50.5 Å². The van der Waals surface area contributed by atoms with Crippen LogP contribution in [0.3, 0.4) is 0 Å². The zero-order chi connectivity index (χ0) is 18.2. The highest BCUT2D eigenvalue weighted by Gasteiger charge is 2.75. The van der Waals surface area contributed by atoms with Gasteiger partial charge in [-0.2, -0.15) is 0 Å². The van der Waals surface area contributed by atoms with Crippen molar-refractivity contribution in [3.63, 3.8) is 0 Å². The lowest BCUT2D eigenvalue weighted by Crippen LogP contribution is -2.73. The quantitative estimate of drug-likeness (QED) is 0.709. The predicted molar refractivity (Wildman–Crippen MR) is 93.5 cm³/mol. The molecule has 3 N–H and O–H groups in total. The van der Waals surface area contributed by atoms with Crippen molar-refractivity contribution in [3.05, 3.63) is 42.5 Å². The molecule has 3 heterocycles. The van der Waals surface area contributed by atoms with Gasteiger partial charge in [0.15, 0.2) is 5.66 Å². The van der Waals surface area contributed by atoms with E-state index in [0.29, 0.717) is 5.56 Å². The van der Waals surface area contributed by atoms with Gasteiger partial charge < -0.3 is 20.6 Å². The van der Waals surface area contributed by atoms with E-state index in [4.69, 9.17) is 0 Å². The molecule has 4 unspecified atom stereocenters. The van der Waals surface area contributed by atoms with Crippen molar-refractivity contribution in [3.8, 4) is 0 Å². The number of carbonyl (C=O) groups is 2. The molecule has 4 atom stereocenters. The lowest BCUT2D eigenvalue weighted by atomic mass is 9.68. The third-order valence-corrected chi connectivity index (χ3v) is 6.16. The number of benzene rings is 1. The summed E-state index contributed by atoms with van der Waals surface area (Å²) < 4.78 is 0. The van der Waals surface area contributed by atoms with Crippen LogP contribution in [0, 0.1) is 5.41 Å². The van der Waals surface area contributed by atoms with E-state index in [1.165, 1.54) is 0 Å². The van der Waals surface area contributed by atoms with Crippen LogP contribution < -0.4 is 10.6 Å². The molecule has 1 aromatic rings. The van der Waals surface area contributed by atoms with Crippen LogP contribution in [0.5, 0.6) is 0 Å². The monoisotopic (exact) mass is 341 g/mol.